The van der Waals surface area contributed by atoms with E-state index in [9.17, 15) is 0 Å². The molecule has 0 aliphatic carbocycles. The zero-order chi connectivity index (χ0) is 25.1. The van der Waals surface area contributed by atoms with Gasteiger partial charge in [-0.3, -0.25) is 0 Å². The van der Waals surface area contributed by atoms with Crippen molar-refractivity contribution in [2.75, 3.05) is 0 Å². The minimum atomic E-state index is -0.414. The molecular weight excluding hydrogens is 459 g/mol. The van der Waals surface area contributed by atoms with Gasteiger partial charge in [0.2, 0.25) is 5.89 Å². The van der Waals surface area contributed by atoms with Gasteiger partial charge in [0.25, 0.3) is 0 Å². The van der Waals surface area contributed by atoms with Gasteiger partial charge in [-0.1, -0.05) is 48.5 Å². The zero-order valence-corrected chi connectivity index (χ0v) is 21.2. The number of benzene rings is 4. The molecule has 4 heterocycles. The van der Waals surface area contributed by atoms with Gasteiger partial charge >= 0.3 is 7.12 Å². The fraction of sp³-hybridized carbons (Fsp3) is 0.194. The van der Waals surface area contributed by atoms with Gasteiger partial charge in [0.15, 0.2) is 5.58 Å². The van der Waals surface area contributed by atoms with Crippen LogP contribution < -0.4 is 5.46 Å². The lowest BCUT2D eigenvalue weighted by atomic mass is 9.78. The molecule has 1 aliphatic rings. The lowest BCUT2D eigenvalue weighted by Gasteiger charge is -2.32. The highest BCUT2D eigenvalue weighted by molar-refractivity contribution is 6.62. The first-order chi connectivity index (χ1) is 17.8. The van der Waals surface area contributed by atoms with E-state index in [1.54, 1.807) is 0 Å². The molecule has 0 spiro atoms. The first-order valence-corrected chi connectivity index (χ1v) is 12.7. The van der Waals surface area contributed by atoms with E-state index < -0.39 is 7.12 Å². The van der Waals surface area contributed by atoms with Gasteiger partial charge in [0, 0.05) is 21.7 Å². The van der Waals surface area contributed by atoms with Gasteiger partial charge < -0.3 is 18.1 Å². The topological polar surface area (TPSA) is 48.9 Å². The van der Waals surface area contributed by atoms with Gasteiger partial charge in [0.05, 0.1) is 33.1 Å². The Morgan fingerprint density at radius 2 is 1.43 bits per heavy atom. The van der Waals surface area contributed by atoms with Crippen molar-refractivity contribution in [3.8, 4) is 11.5 Å². The number of aromatic nitrogens is 2. The molecule has 1 aliphatic heterocycles. The summed E-state index contributed by atoms with van der Waals surface area (Å²) in [5.41, 5.74) is 6.36. The maximum atomic E-state index is 6.46. The Morgan fingerprint density at radius 1 is 0.730 bits per heavy atom. The Balaban J connectivity index is 1.44. The molecule has 37 heavy (non-hydrogen) atoms. The largest absolute Gasteiger partial charge is 0.494 e. The first-order valence-electron chi connectivity index (χ1n) is 12.7. The van der Waals surface area contributed by atoms with Gasteiger partial charge in [0.1, 0.15) is 5.52 Å². The monoisotopic (exact) mass is 484 g/mol. The third-order valence-corrected chi connectivity index (χ3v) is 8.39. The highest BCUT2D eigenvalue weighted by Gasteiger charge is 2.51. The fourth-order valence-corrected chi connectivity index (χ4v) is 5.79. The van der Waals surface area contributed by atoms with Crippen molar-refractivity contribution in [2.45, 2.75) is 38.9 Å². The smallest absolute Gasteiger partial charge is 0.435 e. The summed E-state index contributed by atoms with van der Waals surface area (Å²) >= 11 is 0. The van der Waals surface area contributed by atoms with E-state index in [-0.39, 0.29) is 11.2 Å². The second-order valence-electron chi connectivity index (χ2n) is 11.1. The molecule has 0 N–H and O–H groups in total. The van der Waals surface area contributed by atoms with E-state index in [1.165, 1.54) is 5.39 Å². The summed E-state index contributed by atoms with van der Waals surface area (Å²) in [5, 5.41) is 4.58. The predicted molar refractivity (Wildman–Crippen MR) is 150 cm³/mol. The van der Waals surface area contributed by atoms with Crippen LogP contribution in [0.1, 0.15) is 27.7 Å². The summed E-state index contributed by atoms with van der Waals surface area (Å²) in [6, 6.07) is 27.3. The molecule has 0 radical (unpaired) electrons. The van der Waals surface area contributed by atoms with Crippen molar-refractivity contribution in [2.24, 2.45) is 0 Å². The van der Waals surface area contributed by atoms with Gasteiger partial charge in [-0.15, -0.1) is 0 Å². The fourth-order valence-electron chi connectivity index (χ4n) is 5.79. The summed E-state index contributed by atoms with van der Waals surface area (Å²) in [7, 11) is -0.414. The van der Waals surface area contributed by atoms with Gasteiger partial charge in [-0.25, -0.2) is 4.98 Å². The molecule has 6 heteroatoms. The minimum Gasteiger partial charge on any atom is -0.435 e. The number of rotatable bonds is 2. The van der Waals surface area contributed by atoms with Crippen LogP contribution in [0.4, 0.5) is 0 Å². The van der Waals surface area contributed by atoms with Crippen molar-refractivity contribution < 1.29 is 13.7 Å². The Labute approximate surface area is 214 Å². The standard InChI is InChI=1S/C31H25BN2O3/c1-30(2)31(3,4)37-32(36-30)19-14-15-25-21(16-19)22-17-23-28(35-29(33-23)18-10-6-5-7-11-18)26-20-12-8-9-13-24(20)34(25)27(22)26/h5-17H,1-4H3. The summed E-state index contributed by atoms with van der Waals surface area (Å²) in [5.74, 6) is 0.637. The summed E-state index contributed by atoms with van der Waals surface area (Å²) in [6.45, 7) is 8.35. The van der Waals surface area contributed by atoms with E-state index in [1.807, 2.05) is 30.3 Å². The van der Waals surface area contributed by atoms with Crippen LogP contribution in [-0.2, 0) is 9.31 Å². The molecule has 4 aromatic carbocycles. The quantitative estimate of drug-likeness (QED) is 0.249. The molecule has 5 nitrogen and oxygen atoms in total. The van der Waals surface area contributed by atoms with Crippen LogP contribution in [0.25, 0.3) is 60.6 Å². The van der Waals surface area contributed by atoms with Crippen LogP contribution >= 0.6 is 0 Å². The summed E-state index contributed by atoms with van der Waals surface area (Å²) < 4.78 is 21.6. The molecule has 180 valence electrons. The second-order valence-corrected chi connectivity index (χ2v) is 11.1. The van der Waals surface area contributed by atoms with Crippen molar-refractivity contribution in [1.82, 2.24) is 9.38 Å². The number of oxazole rings is 1. The van der Waals surface area contributed by atoms with Crippen LogP contribution in [-0.4, -0.2) is 27.7 Å². The number of hydrogen-bond donors (Lipinski definition) is 0. The number of fused-ring (bicyclic) bond motifs is 8. The Morgan fingerprint density at radius 3 is 2.22 bits per heavy atom. The summed E-state index contributed by atoms with van der Waals surface area (Å²) in [4.78, 5) is 4.94. The second kappa shape index (κ2) is 6.91. The Hall–Kier alpha value is -3.87. The molecule has 0 bridgehead atoms. The third-order valence-electron chi connectivity index (χ3n) is 8.39. The van der Waals surface area contributed by atoms with Crippen LogP contribution in [0.15, 0.2) is 83.3 Å². The Kier molecular flexibility index (Phi) is 3.97. The molecular formula is C31H25BN2O3. The van der Waals surface area contributed by atoms with E-state index in [0.717, 1.165) is 54.8 Å². The van der Waals surface area contributed by atoms with Crippen molar-refractivity contribution >= 4 is 61.8 Å². The zero-order valence-electron chi connectivity index (χ0n) is 21.2. The average molecular weight is 484 g/mol. The van der Waals surface area contributed by atoms with E-state index in [0.29, 0.717) is 5.89 Å². The van der Waals surface area contributed by atoms with Crippen LogP contribution in [0, 0.1) is 0 Å². The first kappa shape index (κ1) is 21.2. The highest BCUT2D eigenvalue weighted by Crippen LogP contribution is 2.44. The lowest BCUT2D eigenvalue weighted by molar-refractivity contribution is 0.00578. The molecule has 1 saturated heterocycles. The molecule has 0 saturated carbocycles. The minimum absolute atomic E-state index is 0.390. The predicted octanol–water partition coefficient (Wildman–Crippen LogP) is 6.94. The van der Waals surface area contributed by atoms with Crippen LogP contribution in [0.5, 0.6) is 0 Å². The third kappa shape index (κ3) is 2.74. The molecule has 1 fully saturated rings. The molecule has 3 aromatic heterocycles. The SMILES string of the molecule is CC1(C)OB(c2ccc3c(c2)c2cc4nc(-c5ccccc5)oc4c4c5ccccc5n3c24)OC1(C)C. The molecule has 8 rings (SSSR count). The molecule has 7 aromatic rings. The van der Waals surface area contributed by atoms with Crippen molar-refractivity contribution in [1.29, 1.82) is 0 Å². The maximum Gasteiger partial charge on any atom is 0.494 e. The van der Waals surface area contributed by atoms with Crippen molar-refractivity contribution in [3.05, 3.63) is 78.9 Å². The normalized spacial score (nSPS) is 17.4. The lowest BCUT2D eigenvalue weighted by Crippen LogP contribution is -2.41. The maximum absolute atomic E-state index is 6.46. The average Bonchev–Trinajstić information content (AvgIpc) is 3.60. The molecule has 0 unspecified atom stereocenters. The number of hydrogen-bond acceptors (Lipinski definition) is 4. The van der Waals surface area contributed by atoms with Crippen LogP contribution in [0.2, 0.25) is 0 Å². The number of nitrogens with zero attached hydrogens (tertiary/aromatic N) is 2. The van der Waals surface area contributed by atoms with E-state index in [2.05, 4.69) is 80.6 Å². The highest BCUT2D eigenvalue weighted by atomic mass is 16.7. The van der Waals surface area contributed by atoms with E-state index in [4.69, 9.17) is 18.7 Å². The summed E-state index contributed by atoms with van der Waals surface area (Å²) in [6.07, 6.45) is 0. The molecule has 0 atom stereocenters. The van der Waals surface area contributed by atoms with Crippen molar-refractivity contribution in [3.63, 3.8) is 0 Å². The van der Waals surface area contributed by atoms with Gasteiger partial charge in [-0.05, 0) is 63.5 Å². The van der Waals surface area contributed by atoms with Gasteiger partial charge in [-0.2, -0.15) is 0 Å². The number of para-hydroxylation sites is 1. The van der Waals surface area contributed by atoms with E-state index >= 15 is 0 Å². The Bertz CT molecular complexity index is 1990. The van der Waals surface area contributed by atoms with Crippen LogP contribution in [0.3, 0.4) is 0 Å². The molecule has 0 amide bonds.